The van der Waals surface area contributed by atoms with E-state index in [0.29, 0.717) is 19.1 Å². The summed E-state index contributed by atoms with van der Waals surface area (Å²) >= 11 is 0. The van der Waals surface area contributed by atoms with Gasteiger partial charge in [-0.1, -0.05) is 44.2 Å². The molecule has 1 heterocycles. The molecule has 0 bridgehead atoms. The van der Waals surface area contributed by atoms with Gasteiger partial charge in [0.05, 0.1) is 6.54 Å². The third kappa shape index (κ3) is 3.95. The molecular formula is C21H26N2O2. The second-order valence-electron chi connectivity index (χ2n) is 6.86. The molecule has 0 spiro atoms. The summed E-state index contributed by atoms with van der Waals surface area (Å²) in [4.78, 5) is 14.3. The average molecular weight is 338 g/mol. The van der Waals surface area contributed by atoms with Crippen molar-refractivity contribution < 1.29 is 9.53 Å². The number of nitrogens with zero attached hydrogens (tertiary/aromatic N) is 1. The number of benzene rings is 2. The number of carbonyl (C=O) groups is 1. The summed E-state index contributed by atoms with van der Waals surface area (Å²) in [7, 11) is 0. The van der Waals surface area contributed by atoms with Gasteiger partial charge >= 0.3 is 6.03 Å². The van der Waals surface area contributed by atoms with Gasteiger partial charge in [-0.25, -0.2) is 4.79 Å². The summed E-state index contributed by atoms with van der Waals surface area (Å²) in [6, 6.07) is 16.3. The third-order valence-electron chi connectivity index (χ3n) is 4.62. The number of ether oxygens (including phenoxy) is 1. The highest BCUT2D eigenvalue weighted by atomic mass is 16.5. The van der Waals surface area contributed by atoms with Gasteiger partial charge in [0.25, 0.3) is 0 Å². The first-order valence-corrected chi connectivity index (χ1v) is 8.94. The minimum absolute atomic E-state index is 0.0591. The van der Waals surface area contributed by atoms with Crippen LogP contribution in [0, 0.1) is 0 Å². The van der Waals surface area contributed by atoms with Crippen molar-refractivity contribution in [3.63, 3.8) is 0 Å². The summed E-state index contributed by atoms with van der Waals surface area (Å²) < 4.78 is 5.72. The largest absolute Gasteiger partial charge is 0.492 e. The zero-order chi connectivity index (χ0) is 17.8. The van der Waals surface area contributed by atoms with Gasteiger partial charge in [-0.15, -0.1) is 0 Å². The van der Waals surface area contributed by atoms with Crippen molar-refractivity contribution in [3.05, 3.63) is 59.7 Å². The molecule has 4 heteroatoms. The van der Waals surface area contributed by atoms with E-state index in [4.69, 9.17) is 4.74 Å². The molecule has 0 saturated heterocycles. The highest BCUT2D eigenvalue weighted by Gasteiger charge is 2.30. The molecular weight excluding hydrogens is 312 g/mol. The summed E-state index contributed by atoms with van der Waals surface area (Å²) in [6.45, 7) is 7.35. The minimum Gasteiger partial charge on any atom is -0.492 e. The molecule has 2 amide bonds. The van der Waals surface area contributed by atoms with Crippen LogP contribution < -0.4 is 15.0 Å². The van der Waals surface area contributed by atoms with Crippen LogP contribution in [0.1, 0.15) is 37.8 Å². The van der Waals surface area contributed by atoms with Crippen molar-refractivity contribution in [2.45, 2.75) is 39.2 Å². The van der Waals surface area contributed by atoms with Crippen molar-refractivity contribution >= 4 is 11.7 Å². The van der Waals surface area contributed by atoms with Crippen molar-refractivity contribution in [1.29, 1.82) is 0 Å². The van der Waals surface area contributed by atoms with Crippen LogP contribution in [0.15, 0.2) is 48.5 Å². The second kappa shape index (κ2) is 7.60. The fourth-order valence-corrected chi connectivity index (χ4v) is 3.24. The molecule has 3 rings (SSSR count). The minimum atomic E-state index is -0.0591. The second-order valence-corrected chi connectivity index (χ2v) is 6.86. The Morgan fingerprint density at radius 2 is 1.92 bits per heavy atom. The highest BCUT2D eigenvalue weighted by molar-refractivity contribution is 5.94. The standard InChI is InChI=1S/C21H26N2O2/c1-15(2)17-8-10-19(11-9-17)25-13-12-22-21(24)23-16(3)14-18-6-4-5-7-20(18)23/h4-11,15-16H,12-14H2,1-3H3,(H,22,24). The Balaban J connectivity index is 1.48. The van der Waals surface area contributed by atoms with E-state index in [1.807, 2.05) is 35.2 Å². The predicted octanol–water partition coefficient (Wildman–Crippen LogP) is 4.35. The molecule has 2 aromatic carbocycles. The fourth-order valence-electron chi connectivity index (χ4n) is 3.24. The van der Waals surface area contributed by atoms with Crippen molar-refractivity contribution in [3.8, 4) is 5.75 Å². The van der Waals surface area contributed by atoms with Crippen molar-refractivity contribution in [2.24, 2.45) is 0 Å². The zero-order valence-electron chi connectivity index (χ0n) is 15.2. The lowest BCUT2D eigenvalue weighted by Crippen LogP contribution is -2.44. The maximum Gasteiger partial charge on any atom is 0.322 e. The van der Waals surface area contributed by atoms with E-state index in [0.717, 1.165) is 17.9 Å². The molecule has 0 radical (unpaired) electrons. The van der Waals surface area contributed by atoms with E-state index in [2.05, 4.69) is 44.3 Å². The summed E-state index contributed by atoms with van der Waals surface area (Å²) in [5.74, 6) is 1.34. The molecule has 0 fully saturated rings. The van der Waals surface area contributed by atoms with Crippen LogP contribution in [0.5, 0.6) is 5.75 Å². The first kappa shape index (κ1) is 17.3. The topological polar surface area (TPSA) is 41.6 Å². The Labute approximate surface area is 149 Å². The molecule has 0 aromatic heterocycles. The number of nitrogens with one attached hydrogen (secondary N) is 1. The molecule has 0 aliphatic carbocycles. The lowest BCUT2D eigenvalue weighted by atomic mass is 10.0. The number of para-hydroxylation sites is 1. The number of hydrogen-bond donors (Lipinski definition) is 1. The quantitative estimate of drug-likeness (QED) is 0.824. The SMILES string of the molecule is CC(C)c1ccc(OCCNC(=O)N2c3ccccc3CC2C)cc1. The molecule has 1 N–H and O–H groups in total. The van der Waals surface area contributed by atoms with Gasteiger partial charge < -0.3 is 10.1 Å². The van der Waals surface area contributed by atoms with Crippen LogP contribution in [0.4, 0.5) is 10.5 Å². The molecule has 1 atom stereocenters. The first-order valence-electron chi connectivity index (χ1n) is 8.94. The molecule has 2 aromatic rings. The molecule has 4 nitrogen and oxygen atoms in total. The van der Waals surface area contributed by atoms with Gasteiger partial charge in [0.15, 0.2) is 0 Å². The normalized spacial score (nSPS) is 16.0. The van der Waals surface area contributed by atoms with Gasteiger partial charge in [-0.2, -0.15) is 0 Å². The lowest BCUT2D eigenvalue weighted by molar-refractivity contribution is 0.240. The van der Waals surface area contributed by atoms with Crippen molar-refractivity contribution in [1.82, 2.24) is 5.32 Å². The van der Waals surface area contributed by atoms with E-state index >= 15 is 0 Å². The summed E-state index contributed by atoms with van der Waals surface area (Å²) in [6.07, 6.45) is 0.905. The van der Waals surface area contributed by atoms with E-state index in [1.165, 1.54) is 11.1 Å². The highest BCUT2D eigenvalue weighted by Crippen LogP contribution is 2.31. The number of carbonyl (C=O) groups excluding carboxylic acids is 1. The van der Waals surface area contributed by atoms with Gasteiger partial charge in [-0.05, 0) is 48.6 Å². The first-order chi connectivity index (χ1) is 12.1. The Morgan fingerprint density at radius 1 is 1.20 bits per heavy atom. The number of amides is 2. The number of rotatable bonds is 5. The van der Waals surface area contributed by atoms with Gasteiger partial charge in [0.2, 0.25) is 0 Å². The summed E-state index contributed by atoms with van der Waals surface area (Å²) in [5, 5.41) is 2.96. The number of urea groups is 1. The Morgan fingerprint density at radius 3 is 2.64 bits per heavy atom. The monoisotopic (exact) mass is 338 g/mol. The molecule has 1 unspecified atom stereocenters. The maximum absolute atomic E-state index is 12.5. The summed E-state index contributed by atoms with van der Waals surface area (Å²) in [5.41, 5.74) is 3.53. The van der Waals surface area contributed by atoms with Crippen LogP contribution in [0.25, 0.3) is 0 Å². The van der Waals surface area contributed by atoms with Crippen LogP contribution in [0.2, 0.25) is 0 Å². The Hall–Kier alpha value is -2.49. The Bertz CT molecular complexity index is 725. The molecule has 0 saturated carbocycles. The third-order valence-corrected chi connectivity index (χ3v) is 4.62. The van der Waals surface area contributed by atoms with Crippen LogP contribution in [-0.2, 0) is 6.42 Å². The Kier molecular flexibility index (Phi) is 5.27. The molecule has 1 aliphatic heterocycles. The zero-order valence-corrected chi connectivity index (χ0v) is 15.2. The average Bonchev–Trinajstić information content (AvgIpc) is 2.94. The smallest absolute Gasteiger partial charge is 0.322 e. The van der Waals surface area contributed by atoms with E-state index in [-0.39, 0.29) is 12.1 Å². The number of anilines is 1. The van der Waals surface area contributed by atoms with E-state index in [1.54, 1.807) is 0 Å². The van der Waals surface area contributed by atoms with Gasteiger partial charge in [-0.3, -0.25) is 4.90 Å². The number of hydrogen-bond acceptors (Lipinski definition) is 2. The van der Waals surface area contributed by atoms with Crippen LogP contribution in [-0.4, -0.2) is 25.2 Å². The number of fused-ring (bicyclic) bond motifs is 1. The van der Waals surface area contributed by atoms with Gasteiger partial charge in [0, 0.05) is 11.7 Å². The fraction of sp³-hybridized carbons (Fsp3) is 0.381. The van der Waals surface area contributed by atoms with Crippen molar-refractivity contribution in [2.75, 3.05) is 18.1 Å². The predicted molar refractivity (Wildman–Crippen MR) is 102 cm³/mol. The van der Waals surface area contributed by atoms with E-state index < -0.39 is 0 Å². The van der Waals surface area contributed by atoms with Gasteiger partial charge in [0.1, 0.15) is 12.4 Å². The maximum atomic E-state index is 12.5. The van der Waals surface area contributed by atoms with Crippen LogP contribution >= 0.6 is 0 Å². The molecule has 132 valence electrons. The molecule has 25 heavy (non-hydrogen) atoms. The van der Waals surface area contributed by atoms with Crippen LogP contribution in [0.3, 0.4) is 0 Å². The van der Waals surface area contributed by atoms with E-state index in [9.17, 15) is 4.79 Å². The lowest BCUT2D eigenvalue weighted by Gasteiger charge is -2.23. The molecule has 1 aliphatic rings.